The third-order valence-electron chi connectivity index (χ3n) is 11.2. The van der Waals surface area contributed by atoms with Crippen molar-refractivity contribution < 1.29 is 23.7 Å². The third-order valence-corrected chi connectivity index (χ3v) is 12.3. The van der Waals surface area contributed by atoms with Crippen molar-refractivity contribution >= 4 is 54.4 Å². The average molecular weight is 714 g/mol. The molecule has 0 radical (unpaired) electrons. The number of nitrogens with zero attached hydrogens (tertiary/aromatic N) is 7. The number of hydrogen-bond acceptors (Lipinski definition) is 11. The second kappa shape index (κ2) is 12.7. The third kappa shape index (κ3) is 5.68. The normalized spacial score (nSPS) is 27.4. The highest BCUT2D eigenvalue weighted by atomic mass is 32.1. The zero-order chi connectivity index (χ0) is 34.9. The quantitative estimate of drug-likeness (QED) is 0.202. The molecule has 9 rings (SSSR count). The Morgan fingerprint density at radius 2 is 2.10 bits per heavy atom. The zero-order valence-electron chi connectivity index (χ0n) is 29.2. The first-order valence-corrected chi connectivity index (χ1v) is 19.0. The number of anilines is 1. The minimum atomic E-state index is -1.08. The summed E-state index contributed by atoms with van der Waals surface area (Å²) in [6.07, 6.45) is 10.2. The predicted octanol–water partition coefficient (Wildman–Crippen LogP) is 6.45. The lowest BCUT2D eigenvalue weighted by Gasteiger charge is -2.31. The van der Waals surface area contributed by atoms with Crippen LogP contribution in [0.5, 0.6) is 6.01 Å². The van der Waals surface area contributed by atoms with Crippen LogP contribution in [-0.4, -0.2) is 105 Å². The number of aromatic nitrogens is 5. The van der Waals surface area contributed by atoms with Gasteiger partial charge in [-0.15, -0.1) is 11.3 Å². The number of pyridine rings is 1. The van der Waals surface area contributed by atoms with Crippen LogP contribution in [0.25, 0.3) is 48.5 Å². The second-order valence-electron chi connectivity index (χ2n) is 15.0. The molecule has 4 aliphatic heterocycles. The summed E-state index contributed by atoms with van der Waals surface area (Å²) in [5.41, 5.74) is 3.47. The maximum absolute atomic E-state index is 14.6. The zero-order valence-corrected chi connectivity index (χ0v) is 30.1. The van der Waals surface area contributed by atoms with Crippen LogP contribution in [0.4, 0.5) is 10.2 Å². The Bertz CT molecular complexity index is 2150. The van der Waals surface area contributed by atoms with Gasteiger partial charge in [0.1, 0.15) is 29.0 Å². The maximum atomic E-state index is 14.6. The Kier molecular flexibility index (Phi) is 8.26. The fourth-order valence-electron chi connectivity index (χ4n) is 8.86. The van der Waals surface area contributed by atoms with Crippen molar-refractivity contribution in [3.05, 3.63) is 42.2 Å². The monoisotopic (exact) mass is 713 g/mol. The number of aryl methyl sites for hydroxylation is 1. The molecule has 51 heavy (non-hydrogen) atoms. The summed E-state index contributed by atoms with van der Waals surface area (Å²) >= 11 is 1.55. The summed E-state index contributed by atoms with van der Waals surface area (Å²) in [5, 5.41) is 18.9. The van der Waals surface area contributed by atoms with E-state index in [4.69, 9.17) is 34.3 Å². The van der Waals surface area contributed by atoms with Gasteiger partial charge in [0.25, 0.3) is 0 Å². The lowest BCUT2D eigenvalue weighted by Crippen LogP contribution is -2.43. The summed E-state index contributed by atoms with van der Waals surface area (Å²) in [4.78, 5) is 20.2. The number of fused-ring (bicyclic) bond motifs is 5. The number of aliphatic hydroxyl groups is 1. The van der Waals surface area contributed by atoms with Crippen molar-refractivity contribution in [1.29, 1.82) is 0 Å². The van der Waals surface area contributed by atoms with E-state index in [1.54, 1.807) is 18.3 Å². The number of hydrogen-bond donors (Lipinski definition) is 1. The molecule has 0 aliphatic carbocycles. The van der Waals surface area contributed by atoms with Crippen LogP contribution in [0, 0.1) is 6.92 Å². The maximum Gasteiger partial charge on any atom is 0.319 e. The number of benzene rings is 1. The van der Waals surface area contributed by atoms with E-state index in [2.05, 4.69) is 29.4 Å². The van der Waals surface area contributed by atoms with Gasteiger partial charge >= 0.3 is 6.01 Å². The Balaban J connectivity index is 1.21. The van der Waals surface area contributed by atoms with Crippen molar-refractivity contribution in [2.75, 3.05) is 57.5 Å². The van der Waals surface area contributed by atoms with Gasteiger partial charge in [-0.2, -0.15) is 15.1 Å². The number of ether oxygens (including phenoxy) is 3. The number of rotatable bonds is 7. The molecule has 0 amide bonds. The van der Waals surface area contributed by atoms with Crippen LogP contribution >= 0.6 is 11.3 Å². The summed E-state index contributed by atoms with van der Waals surface area (Å²) in [7, 11) is 0. The van der Waals surface area contributed by atoms with E-state index in [1.165, 1.54) is 0 Å². The van der Waals surface area contributed by atoms with Crippen molar-refractivity contribution in [2.24, 2.45) is 0 Å². The number of alkyl halides is 1. The summed E-state index contributed by atoms with van der Waals surface area (Å²) in [6.45, 7) is 12.0. The number of β-amino-alcohol motifs (C(OH)–C–C–N with tert-alkyl or cyclic N) is 1. The molecule has 13 heteroatoms. The van der Waals surface area contributed by atoms with Crippen LogP contribution in [0.15, 0.2) is 31.1 Å². The van der Waals surface area contributed by atoms with Crippen molar-refractivity contribution in [2.45, 2.75) is 75.9 Å². The summed E-state index contributed by atoms with van der Waals surface area (Å²) < 4.78 is 36.0. The SMILES string of the molecule is C=Cc1c(C)cc2c(cnn2C2CCCCO2)c1-c1nccc2c1sc1nc(OC[C@@]34CCCN3C[C@H](F)C4)nc(N3CCOC[C@@](C)(O)C3)c12. The van der Waals surface area contributed by atoms with E-state index in [9.17, 15) is 9.50 Å². The molecule has 1 unspecified atom stereocenters. The molecule has 4 aromatic heterocycles. The molecule has 4 saturated heterocycles. The average Bonchev–Trinajstić information content (AvgIpc) is 3.86. The predicted molar refractivity (Wildman–Crippen MR) is 197 cm³/mol. The van der Waals surface area contributed by atoms with Gasteiger partial charge in [-0.25, -0.2) is 9.07 Å². The van der Waals surface area contributed by atoms with Gasteiger partial charge in [-0.3, -0.25) is 9.88 Å². The lowest BCUT2D eigenvalue weighted by atomic mass is 9.94. The molecule has 4 fully saturated rings. The Labute approximate surface area is 300 Å². The van der Waals surface area contributed by atoms with E-state index >= 15 is 0 Å². The first kappa shape index (κ1) is 33.1. The molecule has 1 aromatic carbocycles. The van der Waals surface area contributed by atoms with Crippen LogP contribution in [-0.2, 0) is 9.47 Å². The van der Waals surface area contributed by atoms with Gasteiger partial charge in [-0.1, -0.05) is 12.7 Å². The molecule has 0 bridgehead atoms. The summed E-state index contributed by atoms with van der Waals surface area (Å²) in [6, 6.07) is 4.45. The first-order chi connectivity index (χ1) is 24.7. The highest BCUT2D eigenvalue weighted by Gasteiger charge is 2.49. The van der Waals surface area contributed by atoms with E-state index in [1.807, 2.05) is 29.2 Å². The van der Waals surface area contributed by atoms with Crippen LogP contribution in [0.2, 0.25) is 0 Å². The van der Waals surface area contributed by atoms with Crippen molar-refractivity contribution in [1.82, 2.24) is 29.6 Å². The van der Waals surface area contributed by atoms with Crippen molar-refractivity contribution in [3.63, 3.8) is 0 Å². The van der Waals surface area contributed by atoms with Crippen LogP contribution in [0.1, 0.15) is 62.8 Å². The first-order valence-electron chi connectivity index (χ1n) is 18.2. The molecule has 4 atom stereocenters. The highest BCUT2D eigenvalue weighted by molar-refractivity contribution is 7.26. The fourth-order valence-corrected chi connectivity index (χ4v) is 10.0. The summed E-state index contributed by atoms with van der Waals surface area (Å²) in [5.74, 6) is 0.681. The molecule has 11 nitrogen and oxygen atoms in total. The largest absolute Gasteiger partial charge is 0.461 e. The van der Waals surface area contributed by atoms with E-state index in [-0.39, 0.29) is 24.4 Å². The second-order valence-corrected chi connectivity index (χ2v) is 16.0. The molecule has 268 valence electrons. The van der Waals surface area contributed by atoms with Crippen LogP contribution < -0.4 is 9.64 Å². The molecule has 8 heterocycles. The Hall–Kier alpha value is -3.75. The van der Waals surface area contributed by atoms with Gasteiger partial charge in [0.2, 0.25) is 0 Å². The van der Waals surface area contributed by atoms with E-state index in [0.717, 1.165) is 98.8 Å². The molecule has 0 spiro atoms. The smallest absolute Gasteiger partial charge is 0.319 e. The standard InChI is InChI=1S/C38H44FN7O4S/c1-4-25-23(2)16-28-27(18-41-46(28)29-8-5-6-14-49-29)30(25)32-33-26(9-11-40-32)31-34(44-13-15-48-21-37(3,47)20-44)42-36(43-35(31)51-33)50-22-38-10-7-12-45(38)19-24(39)17-38/h4,9,11,16,18,24,29,47H,1,5-8,10,12-15,17,19-22H2,2-3H3/t24-,29?,37+,38+/m1/s1. The number of halogens is 1. The van der Waals surface area contributed by atoms with Crippen molar-refractivity contribution in [3.8, 4) is 17.3 Å². The fraction of sp³-hybridized carbons (Fsp3) is 0.526. The molecule has 0 saturated carbocycles. The molecule has 5 aromatic rings. The van der Waals surface area contributed by atoms with Gasteiger partial charge in [0, 0.05) is 48.6 Å². The minimum Gasteiger partial charge on any atom is -0.461 e. The molecule has 4 aliphatic rings. The van der Waals surface area contributed by atoms with Gasteiger partial charge in [0.05, 0.1) is 52.8 Å². The highest BCUT2D eigenvalue weighted by Crippen LogP contribution is 2.46. The molecular weight excluding hydrogens is 670 g/mol. The minimum absolute atomic E-state index is 0.104. The molecular formula is C38H44FN7O4S. The topological polar surface area (TPSA) is 111 Å². The van der Waals surface area contributed by atoms with Gasteiger partial charge < -0.3 is 24.2 Å². The van der Waals surface area contributed by atoms with Gasteiger partial charge in [-0.05, 0) is 75.8 Å². The molecule has 1 N–H and O–H groups in total. The van der Waals surface area contributed by atoms with Crippen LogP contribution in [0.3, 0.4) is 0 Å². The van der Waals surface area contributed by atoms with E-state index < -0.39 is 11.8 Å². The lowest BCUT2D eigenvalue weighted by molar-refractivity contribution is -0.0366. The van der Waals surface area contributed by atoms with Gasteiger partial charge in [0.15, 0.2) is 6.23 Å². The Morgan fingerprint density at radius 3 is 2.94 bits per heavy atom. The number of thiophene rings is 1. The Morgan fingerprint density at radius 1 is 1.20 bits per heavy atom. The van der Waals surface area contributed by atoms with E-state index in [0.29, 0.717) is 45.1 Å².